The molecule has 0 fully saturated rings. The second kappa shape index (κ2) is 12.0. The molecule has 0 saturated heterocycles. The Kier molecular flexibility index (Phi) is 14.0. The lowest BCUT2D eigenvalue weighted by Gasteiger charge is -1.99. The van der Waals surface area contributed by atoms with Crippen molar-refractivity contribution in [2.24, 2.45) is 0 Å². The first-order valence-electron chi connectivity index (χ1n) is 3.77. The first kappa shape index (κ1) is 12.9. The minimum absolute atomic E-state index is 1.00. The number of rotatable bonds is 4. The van der Waals surface area contributed by atoms with Gasteiger partial charge in [-0.15, -0.1) is 6.58 Å². The van der Waals surface area contributed by atoms with Gasteiger partial charge < -0.3 is 10.6 Å². The van der Waals surface area contributed by atoms with Gasteiger partial charge in [-0.3, -0.25) is 0 Å². The highest BCUT2D eigenvalue weighted by molar-refractivity contribution is 4.91. The lowest BCUT2D eigenvalue weighted by atomic mass is 10.2. The maximum atomic E-state index is 3.75. The van der Waals surface area contributed by atoms with Gasteiger partial charge in [0, 0.05) is 12.7 Å². The van der Waals surface area contributed by atoms with Crippen LogP contribution in [0.2, 0.25) is 0 Å². The number of hydrogen-bond acceptors (Lipinski definition) is 2. The van der Waals surface area contributed by atoms with Gasteiger partial charge >= 0.3 is 0 Å². The summed E-state index contributed by atoms with van der Waals surface area (Å²) < 4.78 is 0. The van der Waals surface area contributed by atoms with Crippen molar-refractivity contribution in [3.63, 3.8) is 0 Å². The summed E-state index contributed by atoms with van der Waals surface area (Å²) in [6.45, 7) is 7.35. The molecule has 0 rings (SSSR count). The van der Waals surface area contributed by atoms with Crippen LogP contribution >= 0.6 is 0 Å². The van der Waals surface area contributed by atoms with Crippen molar-refractivity contribution in [1.29, 1.82) is 0 Å². The first-order valence-corrected chi connectivity index (χ1v) is 3.77. The predicted molar refractivity (Wildman–Crippen MR) is 52.6 cm³/mol. The summed E-state index contributed by atoms with van der Waals surface area (Å²) in [4.78, 5) is 0. The summed E-state index contributed by atoms with van der Waals surface area (Å²) in [7, 11) is 5.63. The molecule has 0 aliphatic carbocycles. The molecule has 2 nitrogen and oxygen atoms in total. The van der Waals surface area contributed by atoms with Gasteiger partial charge in [0.15, 0.2) is 0 Å². The van der Waals surface area contributed by atoms with Crippen LogP contribution in [-0.4, -0.2) is 21.1 Å². The minimum atomic E-state index is 1.00. The van der Waals surface area contributed by atoms with E-state index >= 15 is 0 Å². The highest BCUT2D eigenvalue weighted by Crippen LogP contribution is 1.96. The zero-order valence-corrected chi connectivity index (χ0v) is 7.91. The topological polar surface area (TPSA) is 24.1 Å². The molecule has 0 aliphatic rings. The van der Waals surface area contributed by atoms with Crippen LogP contribution in [-0.2, 0) is 0 Å². The molecule has 0 unspecified atom stereocenters. The molecule has 0 atom stereocenters. The minimum Gasteiger partial charge on any atom is -0.392 e. The molecule has 0 bridgehead atoms. The third-order valence-corrected chi connectivity index (χ3v) is 1.00. The molecule has 2 N–H and O–H groups in total. The van der Waals surface area contributed by atoms with E-state index < -0.39 is 0 Å². The molecule has 0 aromatic heterocycles. The summed E-state index contributed by atoms with van der Waals surface area (Å²) >= 11 is 0. The molecule has 66 valence electrons. The van der Waals surface area contributed by atoms with Crippen LogP contribution in [0.15, 0.2) is 24.9 Å². The molecular formula is C9H20N2. The molecule has 11 heavy (non-hydrogen) atoms. The van der Waals surface area contributed by atoms with E-state index in [4.69, 9.17) is 0 Å². The fraction of sp³-hybridized carbons (Fsp3) is 0.556. The molecule has 0 aliphatic heterocycles. The van der Waals surface area contributed by atoms with Crippen molar-refractivity contribution in [2.45, 2.75) is 12.8 Å². The summed E-state index contributed by atoms with van der Waals surface area (Å²) in [5.41, 5.74) is 1.07. The number of hydrogen-bond donors (Lipinski definition) is 2. The second-order valence-electron chi connectivity index (χ2n) is 2.18. The van der Waals surface area contributed by atoms with E-state index in [0.29, 0.717) is 0 Å². The second-order valence-corrected chi connectivity index (χ2v) is 2.18. The van der Waals surface area contributed by atoms with Gasteiger partial charge in [0.1, 0.15) is 0 Å². The Balaban J connectivity index is 0. The molecule has 2 heteroatoms. The Labute approximate surface area is 70.4 Å². The Hall–Kier alpha value is -0.760. The molecular weight excluding hydrogens is 136 g/mol. The fourth-order valence-corrected chi connectivity index (χ4v) is 0.401. The van der Waals surface area contributed by atoms with E-state index in [1.165, 1.54) is 0 Å². The molecule has 0 aromatic rings. The summed E-state index contributed by atoms with van der Waals surface area (Å²) in [5.74, 6) is 0. The average Bonchev–Trinajstić information content (AvgIpc) is 2.02. The third-order valence-electron chi connectivity index (χ3n) is 1.00. The fourth-order valence-electron chi connectivity index (χ4n) is 0.401. The monoisotopic (exact) mass is 156 g/mol. The molecule has 0 radical (unpaired) electrons. The molecule has 0 aromatic carbocycles. The zero-order valence-electron chi connectivity index (χ0n) is 7.91. The van der Waals surface area contributed by atoms with Gasteiger partial charge in [-0.2, -0.15) is 0 Å². The van der Waals surface area contributed by atoms with Gasteiger partial charge in [0.05, 0.1) is 0 Å². The summed E-state index contributed by atoms with van der Waals surface area (Å²) in [6, 6.07) is 0. The SMILES string of the molecule is C=CCCC(=C)NC.CNC. The van der Waals surface area contributed by atoms with Crippen LogP contribution in [0.1, 0.15) is 12.8 Å². The van der Waals surface area contributed by atoms with Crippen molar-refractivity contribution < 1.29 is 0 Å². The lowest BCUT2D eigenvalue weighted by molar-refractivity contribution is 0.859. The largest absolute Gasteiger partial charge is 0.392 e. The van der Waals surface area contributed by atoms with E-state index in [1.807, 2.05) is 27.2 Å². The standard InChI is InChI=1S/C7H13N.C2H7N/c1-4-5-6-7(2)8-3;1-3-2/h4,8H,1-2,5-6H2,3H3;3H,1-2H3. The van der Waals surface area contributed by atoms with Gasteiger partial charge in [0.25, 0.3) is 0 Å². The number of nitrogens with one attached hydrogen (secondary N) is 2. The third kappa shape index (κ3) is 17.6. The predicted octanol–water partition coefficient (Wildman–Crippen LogP) is 1.52. The maximum absolute atomic E-state index is 3.75. The Morgan fingerprint density at radius 2 is 1.82 bits per heavy atom. The van der Waals surface area contributed by atoms with Gasteiger partial charge in [-0.1, -0.05) is 12.7 Å². The van der Waals surface area contributed by atoms with Gasteiger partial charge in [-0.05, 0) is 26.9 Å². The van der Waals surface area contributed by atoms with E-state index in [2.05, 4.69) is 23.8 Å². The van der Waals surface area contributed by atoms with Crippen LogP contribution in [0.5, 0.6) is 0 Å². The van der Waals surface area contributed by atoms with Crippen LogP contribution in [0.4, 0.5) is 0 Å². The van der Waals surface area contributed by atoms with Crippen LogP contribution in [0.25, 0.3) is 0 Å². The van der Waals surface area contributed by atoms with Gasteiger partial charge in [-0.25, -0.2) is 0 Å². The quantitative estimate of drug-likeness (QED) is 0.603. The Bertz CT molecular complexity index is 97.7. The zero-order chi connectivity index (χ0) is 9.11. The molecule has 0 heterocycles. The van der Waals surface area contributed by atoms with Crippen molar-refractivity contribution in [3.05, 3.63) is 24.9 Å². The molecule has 0 saturated carbocycles. The maximum Gasteiger partial charge on any atom is 0.00341 e. The Morgan fingerprint density at radius 1 is 1.36 bits per heavy atom. The normalized spacial score (nSPS) is 7.55. The average molecular weight is 156 g/mol. The number of allylic oxidation sites excluding steroid dienone is 2. The van der Waals surface area contributed by atoms with E-state index in [9.17, 15) is 0 Å². The van der Waals surface area contributed by atoms with E-state index in [0.717, 1.165) is 18.5 Å². The molecule has 0 amide bonds. The lowest BCUT2D eigenvalue weighted by Crippen LogP contribution is -2.02. The van der Waals surface area contributed by atoms with Crippen molar-refractivity contribution in [1.82, 2.24) is 10.6 Å². The van der Waals surface area contributed by atoms with Crippen LogP contribution < -0.4 is 10.6 Å². The van der Waals surface area contributed by atoms with Crippen LogP contribution in [0, 0.1) is 0 Å². The van der Waals surface area contributed by atoms with Gasteiger partial charge in [0.2, 0.25) is 0 Å². The highest BCUT2D eigenvalue weighted by atomic mass is 14.8. The highest BCUT2D eigenvalue weighted by Gasteiger charge is 1.83. The summed E-state index contributed by atoms with van der Waals surface area (Å²) in [5, 5.41) is 5.71. The summed E-state index contributed by atoms with van der Waals surface area (Å²) in [6.07, 6.45) is 3.90. The van der Waals surface area contributed by atoms with Crippen LogP contribution in [0.3, 0.4) is 0 Å². The molecule has 0 spiro atoms. The Morgan fingerprint density at radius 3 is 2.09 bits per heavy atom. The first-order chi connectivity index (χ1) is 5.22. The van der Waals surface area contributed by atoms with Crippen molar-refractivity contribution >= 4 is 0 Å². The van der Waals surface area contributed by atoms with Crippen molar-refractivity contribution in [2.75, 3.05) is 21.1 Å². The van der Waals surface area contributed by atoms with Crippen molar-refractivity contribution in [3.8, 4) is 0 Å². The van der Waals surface area contributed by atoms with E-state index in [-0.39, 0.29) is 0 Å². The van der Waals surface area contributed by atoms with E-state index in [1.54, 1.807) is 0 Å². The smallest absolute Gasteiger partial charge is 0.00341 e.